The number of hydrogen-bond donors (Lipinski definition) is 1. The lowest BCUT2D eigenvalue weighted by atomic mass is 9.94. The molecule has 1 N–H and O–H groups in total. The summed E-state index contributed by atoms with van der Waals surface area (Å²) < 4.78 is 5.24. The Morgan fingerprint density at radius 1 is 1.04 bits per heavy atom. The maximum atomic E-state index is 13.1. The summed E-state index contributed by atoms with van der Waals surface area (Å²) in [6.07, 6.45) is 3.20. The number of aliphatic hydroxyl groups is 1. The van der Waals surface area contributed by atoms with E-state index in [9.17, 15) is 9.90 Å². The first-order chi connectivity index (χ1) is 12.2. The van der Waals surface area contributed by atoms with Gasteiger partial charge in [-0.2, -0.15) is 0 Å². The van der Waals surface area contributed by atoms with Crippen molar-refractivity contribution in [2.75, 3.05) is 12.0 Å². The molecule has 1 amide bonds. The summed E-state index contributed by atoms with van der Waals surface area (Å²) in [5.74, 6) is 0.290. The van der Waals surface area contributed by atoms with Gasteiger partial charge in [-0.1, -0.05) is 18.2 Å². The van der Waals surface area contributed by atoms with Gasteiger partial charge in [-0.05, 0) is 42.5 Å². The zero-order chi connectivity index (χ0) is 17.4. The molecule has 124 valence electrons. The molecule has 0 bridgehead atoms. The molecule has 0 spiro atoms. The number of para-hydroxylation sites is 1. The van der Waals surface area contributed by atoms with Crippen molar-refractivity contribution in [3.05, 3.63) is 89.7 Å². The van der Waals surface area contributed by atoms with Crippen molar-refractivity contribution in [1.82, 2.24) is 4.98 Å². The summed E-state index contributed by atoms with van der Waals surface area (Å²) in [7, 11) is 1.55. The van der Waals surface area contributed by atoms with E-state index in [1.54, 1.807) is 62.0 Å². The Kier molecular flexibility index (Phi) is 3.51. The fourth-order valence-corrected chi connectivity index (χ4v) is 3.27. The van der Waals surface area contributed by atoms with Crippen LogP contribution in [0.15, 0.2) is 73.1 Å². The molecule has 1 unspecified atom stereocenters. The number of aromatic nitrogens is 1. The van der Waals surface area contributed by atoms with Crippen molar-refractivity contribution >= 4 is 11.6 Å². The van der Waals surface area contributed by atoms with E-state index in [1.165, 1.54) is 4.90 Å². The SMILES string of the molecule is COc1ccc2c(c1)C(=O)N(c1ccccc1)C2(O)c1ccncc1. The van der Waals surface area contributed by atoms with Gasteiger partial charge in [-0.15, -0.1) is 0 Å². The van der Waals surface area contributed by atoms with Crippen LogP contribution in [0.1, 0.15) is 21.5 Å². The monoisotopic (exact) mass is 332 g/mol. The summed E-state index contributed by atoms with van der Waals surface area (Å²) >= 11 is 0. The molecule has 5 heteroatoms. The third-order valence-corrected chi connectivity index (χ3v) is 4.46. The van der Waals surface area contributed by atoms with Crippen molar-refractivity contribution in [3.63, 3.8) is 0 Å². The average molecular weight is 332 g/mol. The summed E-state index contributed by atoms with van der Waals surface area (Å²) in [6, 6.07) is 17.7. The lowest BCUT2D eigenvalue weighted by molar-refractivity contribution is 0.0703. The van der Waals surface area contributed by atoms with Crippen LogP contribution in [0.5, 0.6) is 5.75 Å². The van der Waals surface area contributed by atoms with Gasteiger partial charge in [-0.3, -0.25) is 14.7 Å². The fraction of sp³-hybridized carbons (Fsp3) is 0.100. The first-order valence-electron chi connectivity index (χ1n) is 7.87. The number of anilines is 1. The molecule has 0 saturated carbocycles. The van der Waals surface area contributed by atoms with Crippen LogP contribution in [-0.4, -0.2) is 23.1 Å². The lowest BCUT2D eigenvalue weighted by Gasteiger charge is -2.34. The highest BCUT2D eigenvalue weighted by atomic mass is 16.5. The highest BCUT2D eigenvalue weighted by Crippen LogP contribution is 2.45. The molecule has 0 radical (unpaired) electrons. The van der Waals surface area contributed by atoms with E-state index in [0.717, 1.165) is 0 Å². The van der Waals surface area contributed by atoms with Crippen molar-refractivity contribution in [3.8, 4) is 5.75 Å². The Labute approximate surface area is 145 Å². The number of nitrogens with zero attached hydrogens (tertiary/aromatic N) is 2. The molecule has 1 aromatic heterocycles. The van der Waals surface area contributed by atoms with Gasteiger partial charge >= 0.3 is 0 Å². The molecule has 1 aliphatic rings. The van der Waals surface area contributed by atoms with Crippen LogP contribution in [-0.2, 0) is 5.72 Å². The van der Waals surface area contributed by atoms with Gasteiger partial charge in [0.2, 0.25) is 0 Å². The highest BCUT2D eigenvalue weighted by Gasteiger charge is 2.50. The molecule has 2 heterocycles. The van der Waals surface area contributed by atoms with Crippen molar-refractivity contribution in [2.24, 2.45) is 0 Å². The number of rotatable bonds is 3. The first kappa shape index (κ1) is 15.4. The van der Waals surface area contributed by atoms with Crippen LogP contribution in [0.2, 0.25) is 0 Å². The molecular weight excluding hydrogens is 316 g/mol. The van der Waals surface area contributed by atoms with Gasteiger partial charge in [-0.25, -0.2) is 0 Å². The van der Waals surface area contributed by atoms with Gasteiger partial charge in [0.1, 0.15) is 5.75 Å². The Hall–Kier alpha value is -3.18. The molecular formula is C20H16N2O3. The third kappa shape index (κ3) is 2.21. The Balaban J connectivity index is 1.99. The van der Waals surface area contributed by atoms with Crippen molar-refractivity contribution in [1.29, 1.82) is 0 Å². The van der Waals surface area contributed by atoms with Gasteiger partial charge in [0.25, 0.3) is 5.91 Å². The minimum absolute atomic E-state index is 0.278. The smallest absolute Gasteiger partial charge is 0.261 e. The molecule has 1 aliphatic heterocycles. The maximum Gasteiger partial charge on any atom is 0.261 e. The van der Waals surface area contributed by atoms with Gasteiger partial charge < -0.3 is 9.84 Å². The lowest BCUT2D eigenvalue weighted by Crippen LogP contribution is -2.45. The molecule has 0 fully saturated rings. The minimum atomic E-state index is -1.61. The number of methoxy groups -OCH3 is 1. The predicted octanol–water partition coefficient (Wildman–Crippen LogP) is 2.94. The number of fused-ring (bicyclic) bond motifs is 1. The molecule has 5 nitrogen and oxygen atoms in total. The van der Waals surface area contributed by atoms with Crippen LogP contribution in [0.3, 0.4) is 0 Å². The van der Waals surface area contributed by atoms with E-state index < -0.39 is 5.72 Å². The number of benzene rings is 2. The number of amides is 1. The summed E-state index contributed by atoms with van der Waals surface area (Å²) in [6.45, 7) is 0. The molecule has 0 saturated heterocycles. The minimum Gasteiger partial charge on any atom is -0.497 e. The standard InChI is InChI=1S/C20H16N2O3/c1-25-16-7-8-18-17(13-16)19(23)22(15-5-3-2-4-6-15)20(18,24)14-9-11-21-12-10-14/h2-13,24H,1H3. The maximum absolute atomic E-state index is 13.1. The number of carbonyl (C=O) groups excluding carboxylic acids is 1. The van der Waals surface area contributed by atoms with Crippen LogP contribution >= 0.6 is 0 Å². The average Bonchev–Trinajstić information content (AvgIpc) is 2.91. The van der Waals surface area contributed by atoms with E-state index in [2.05, 4.69) is 4.98 Å². The summed E-state index contributed by atoms with van der Waals surface area (Å²) in [5.41, 5.74) is 0.518. The van der Waals surface area contributed by atoms with E-state index in [4.69, 9.17) is 4.74 Å². The Bertz CT molecular complexity index is 928. The number of pyridine rings is 1. The highest BCUT2D eigenvalue weighted by molar-refractivity contribution is 6.12. The second kappa shape index (κ2) is 5.72. The largest absolute Gasteiger partial charge is 0.497 e. The van der Waals surface area contributed by atoms with Crippen LogP contribution in [0, 0.1) is 0 Å². The van der Waals surface area contributed by atoms with Gasteiger partial charge in [0.05, 0.1) is 12.7 Å². The Morgan fingerprint density at radius 2 is 1.76 bits per heavy atom. The van der Waals surface area contributed by atoms with Crippen LogP contribution in [0.25, 0.3) is 0 Å². The molecule has 25 heavy (non-hydrogen) atoms. The summed E-state index contributed by atoms with van der Waals surface area (Å²) in [4.78, 5) is 18.6. The van der Waals surface area contributed by atoms with Gasteiger partial charge in [0, 0.05) is 29.2 Å². The molecule has 4 rings (SSSR count). The number of hydrogen-bond acceptors (Lipinski definition) is 4. The second-order valence-electron chi connectivity index (χ2n) is 5.80. The zero-order valence-corrected chi connectivity index (χ0v) is 13.6. The Morgan fingerprint density at radius 3 is 2.44 bits per heavy atom. The number of ether oxygens (including phenoxy) is 1. The van der Waals surface area contributed by atoms with Gasteiger partial charge in [0.15, 0.2) is 5.72 Å². The molecule has 2 aromatic carbocycles. The predicted molar refractivity (Wildman–Crippen MR) is 93.5 cm³/mol. The summed E-state index contributed by atoms with van der Waals surface area (Å²) in [5, 5.41) is 11.7. The normalized spacial score (nSPS) is 19.0. The first-order valence-corrected chi connectivity index (χ1v) is 7.87. The quantitative estimate of drug-likeness (QED) is 0.801. The fourth-order valence-electron chi connectivity index (χ4n) is 3.27. The van der Waals surface area contributed by atoms with Crippen LogP contribution in [0.4, 0.5) is 5.69 Å². The van der Waals surface area contributed by atoms with Crippen LogP contribution < -0.4 is 9.64 Å². The molecule has 0 aliphatic carbocycles. The second-order valence-corrected chi connectivity index (χ2v) is 5.80. The topological polar surface area (TPSA) is 62.7 Å². The molecule has 3 aromatic rings. The van der Waals surface area contributed by atoms with E-state index in [-0.39, 0.29) is 5.91 Å². The van der Waals surface area contributed by atoms with E-state index in [1.807, 2.05) is 18.2 Å². The van der Waals surface area contributed by atoms with Crippen molar-refractivity contribution < 1.29 is 14.6 Å². The zero-order valence-electron chi connectivity index (χ0n) is 13.6. The van der Waals surface area contributed by atoms with Crippen molar-refractivity contribution in [2.45, 2.75) is 5.72 Å². The molecule has 1 atom stereocenters. The third-order valence-electron chi connectivity index (χ3n) is 4.46. The number of carbonyl (C=O) groups is 1. The van der Waals surface area contributed by atoms with E-state index in [0.29, 0.717) is 28.1 Å². The van der Waals surface area contributed by atoms with E-state index >= 15 is 0 Å².